The van der Waals surface area contributed by atoms with Gasteiger partial charge in [0.2, 0.25) is 0 Å². The van der Waals surface area contributed by atoms with E-state index in [-0.39, 0.29) is 28.9 Å². The van der Waals surface area contributed by atoms with Crippen molar-refractivity contribution in [3.8, 4) is 0 Å². The number of carbonyl (C=O) groups excluding carboxylic acids is 1. The summed E-state index contributed by atoms with van der Waals surface area (Å²) in [5.41, 5.74) is 0. The molecule has 0 saturated heterocycles. The van der Waals surface area contributed by atoms with Crippen molar-refractivity contribution < 1.29 is 26.3 Å². The van der Waals surface area contributed by atoms with Crippen molar-refractivity contribution in [3.63, 3.8) is 0 Å². The summed E-state index contributed by atoms with van der Waals surface area (Å²) < 4.78 is 5.46. The van der Waals surface area contributed by atoms with Crippen LogP contribution in [0.25, 0.3) is 0 Å². The molecule has 0 aromatic rings. The summed E-state index contributed by atoms with van der Waals surface area (Å²) in [5.74, 6) is 0.0309. The van der Waals surface area contributed by atoms with E-state index in [1.54, 1.807) is 0 Å². The molecule has 17 heavy (non-hydrogen) atoms. The van der Waals surface area contributed by atoms with E-state index in [1.807, 2.05) is 0 Å². The normalized spacial score (nSPS) is 16.3. The molecular weight excluding hydrogens is 259 g/mol. The average molecular weight is 285 g/mol. The molecule has 1 fully saturated rings. The summed E-state index contributed by atoms with van der Waals surface area (Å²) in [6, 6.07) is 0. The molecule has 0 unspecified atom stereocenters. The van der Waals surface area contributed by atoms with Gasteiger partial charge in [0.25, 0.3) is 0 Å². The molecule has 2 nitrogen and oxygen atoms in total. The first-order valence-electron chi connectivity index (χ1n) is 7.02. The van der Waals surface area contributed by atoms with Crippen molar-refractivity contribution in [1.29, 1.82) is 0 Å². The van der Waals surface area contributed by atoms with Crippen LogP contribution in [0.5, 0.6) is 0 Å². The Balaban J connectivity index is 0.00000256. The molecular formula is C14H26CoO2. The fourth-order valence-corrected chi connectivity index (χ4v) is 2.30. The van der Waals surface area contributed by atoms with Gasteiger partial charge in [-0.15, -0.1) is 0 Å². The molecule has 3 heteroatoms. The maximum atomic E-state index is 11.5. The predicted octanol–water partition coefficient (Wildman–Crippen LogP) is 4.22. The number of esters is 1. The van der Waals surface area contributed by atoms with E-state index in [9.17, 15) is 4.79 Å². The van der Waals surface area contributed by atoms with Gasteiger partial charge < -0.3 is 4.74 Å². The van der Waals surface area contributed by atoms with Crippen LogP contribution in [-0.4, -0.2) is 12.1 Å². The summed E-state index contributed by atoms with van der Waals surface area (Å²) in [6.07, 6.45) is 12.8. The van der Waals surface area contributed by atoms with Gasteiger partial charge in [-0.3, -0.25) is 4.79 Å². The van der Waals surface area contributed by atoms with Crippen molar-refractivity contribution >= 4 is 5.97 Å². The van der Waals surface area contributed by atoms with Crippen LogP contribution in [0.1, 0.15) is 77.6 Å². The van der Waals surface area contributed by atoms with Crippen molar-refractivity contribution in [3.05, 3.63) is 0 Å². The summed E-state index contributed by atoms with van der Waals surface area (Å²) in [4.78, 5) is 11.5. The minimum absolute atomic E-state index is 0. The molecule has 1 aliphatic carbocycles. The van der Waals surface area contributed by atoms with Crippen LogP contribution in [0.15, 0.2) is 0 Å². The van der Waals surface area contributed by atoms with Crippen molar-refractivity contribution in [2.24, 2.45) is 0 Å². The van der Waals surface area contributed by atoms with Crippen molar-refractivity contribution in [2.45, 2.75) is 83.7 Å². The maximum absolute atomic E-state index is 11.5. The quantitative estimate of drug-likeness (QED) is 0.517. The number of carbonyl (C=O) groups is 1. The molecule has 0 aliphatic heterocycles. The number of hydrogen-bond donors (Lipinski definition) is 0. The molecule has 0 bridgehead atoms. The van der Waals surface area contributed by atoms with Crippen LogP contribution in [0.3, 0.4) is 0 Å². The Morgan fingerprint density at radius 1 is 1.06 bits per heavy atom. The third-order valence-electron chi connectivity index (χ3n) is 3.33. The molecule has 0 heterocycles. The Labute approximate surface area is 116 Å². The first kappa shape index (κ1) is 17.0. The van der Waals surface area contributed by atoms with Gasteiger partial charge in [0.05, 0.1) is 0 Å². The molecule has 1 aliphatic rings. The SMILES string of the molecule is CCCCCCCC(=O)OC1CCCCC1.[Co]. The summed E-state index contributed by atoms with van der Waals surface area (Å²) >= 11 is 0. The summed E-state index contributed by atoms with van der Waals surface area (Å²) in [6.45, 7) is 2.21. The average Bonchev–Trinajstić information content (AvgIpc) is 2.30. The fraction of sp³-hybridized carbons (Fsp3) is 0.929. The van der Waals surface area contributed by atoms with Gasteiger partial charge in [-0.05, 0) is 32.1 Å². The Kier molecular flexibility index (Phi) is 11.1. The number of rotatable bonds is 7. The van der Waals surface area contributed by atoms with Crippen LogP contribution in [-0.2, 0) is 26.3 Å². The first-order valence-corrected chi connectivity index (χ1v) is 7.02. The summed E-state index contributed by atoms with van der Waals surface area (Å²) in [5, 5.41) is 0. The monoisotopic (exact) mass is 285 g/mol. The Bertz CT molecular complexity index is 189. The molecule has 0 atom stereocenters. The van der Waals surface area contributed by atoms with Gasteiger partial charge in [0, 0.05) is 23.2 Å². The molecule has 0 aromatic heterocycles. The molecule has 1 rings (SSSR count). The smallest absolute Gasteiger partial charge is 0.306 e. The van der Waals surface area contributed by atoms with Crippen LogP contribution in [0.4, 0.5) is 0 Å². The van der Waals surface area contributed by atoms with Gasteiger partial charge >= 0.3 is 5.97 Å². The van der Waals surface area contributed by atoms with E-state index < -0.39 is 0 Å². The van der Waals surface area contributed by atoms with Gasteiger partial charge in [-0.2, -0.15) is 0 Å². The second-order valence-corrected chi connectivity index (χ2v) is 4.91. The Morgan fingerprint density at radius 3 is 2.35 bits per heavy atom. The van der Waals surface area contributed by atoms with Crippen LogP contribution < -0.4 is 0 Å². The van der Waals surface area contributed by atoms with E-state index >= 15 is 0 Å². The third kappa shape index (κ3) is 8.67. The van der Waals surface area contributed by atoms with Gasteiger partial charge in [-0.1, -0.05) is 39.0 Å². The van der Waals surface area contributed by atoms with E-state index in [0.29, 0.717) is 6.42 Å². The predicted molar refractivity (Wildman–Crippen MR) is 66.3 cm³/mol. The zero-order chi connectivity index (χ0) is 11.6. The van der Waals surface area contributed by atoms with E-state index in [1.165, 1.54) is 44.9 Å². The number of hydrogen-bond acceptors (Lipinski definition) is 2. The third-order valence-corrected chi connectivity index (χ3v) is 3.33. The molecule has 0 N–H and O–H groups in total. The minimum Gasteiger partial charge on any atom is -0.462 e. The zero-order valence-corrected chi connectivity index (χ0v) is 12.0. The number of ether oxygens (including phenoxy) is 1. The second-order valence-electron chi connectivity index (χ2n) is 4.91. The second kappa shape index (κ2) is 11.1. The first-order chi connectivity index (χ1) is 7.83. The number of unbranched alkanes of at least 4 members (excludes halogenated alkanes) is 4. The molecule has 103 valence electrons. The molecule has 1 saturated carbocycles. The van der Waals surface area contributed by atoms with Gasteiger partial charge in [0.1, 0.15) is 6.10 Å². The standard InChI is InChI=1S/C14H26O2.Co/c1-2-3-4-5-9-12-14(15)16-13-10-7-6-8-11-13;/h13H,2-12H2,1H3;. The minimum atomic E-state index is 0. The zero-order valence-electron chi connectivity index (χ0n) is 11.0. The maximum Gasteiger partial charge on any atom is 0.306 e. The Morgan fingerprint density at radius 2 is 1.71 bits per heavy atom. The van der Waals surface area contributed by atoms with Crippen LogP contribution >= 0.6 is 0 Å². The van der Waals surface area contributed by atoms with Gasteiger partial charge in [0.15, 0.2) is 0 Å². The van der Waals surface area contributed by atoms with Crippen molar-refractivity contribution in [2.75, 3.05) is 0 Å². The van der Waals surface area contributed by atoms with Crippen LogP contribution in [0, 0.1) is 0 Å². The molecule has 0 aromatic carbocycles. The van der Waals surface area contributed by atoms with Gasteiger partial charge in [-0.25, -0.2) is 0 Å². The van der Waals surface area contributed by atoms with Crippen LogP contribution in [0.2, 0.25) is 0 Å². The van der Waals surface area contributed by atoms with Crippen molar-refractivity contribution in [1.82, 2.24) is 0 Å². The largest absolute Gasteiger partial charge is 0.462 e. The van der Waals surface area contributed by atoms with E-state index in [4.69, 9.17) is 4.74 Å². The molecule has 0 amide bonds. The molecule has 1 radical (unpaired) electrons. The topological polar surface area (TPSA) is 26.3 Å². The Hall–Kier alpha value is -0.0235. The fourth-order valence-electron chi connectivity index (χ4n) is 2.30. The summed E-state index contributed by atoms with van der Waals surface area (Å²) in [7, 11) is 0. The molecule has 0 spiro atoms. The van der Waals surface area contributed by atoms with E-state index in [2.05, 4.69) is 6.92 Å². The van der Waals surface area contributed by atoms with E-state index in [0.717, 1.165) is 19.3 Å².